The largest absolute Gasteiger partial charge is 0.379 e. The Bertz CT molecular complexity index is 950. The zero-order chi connectivity index (χ0) is 22.0. The van der Waals surface area contributed by atoms with Gasteiger partial charge >= 0.3 is 0 Å². The Hall–Kier alpha value is -3.16. The number of ether oxygens (including phenoxy) is 1. The van der Waals surface area contributed by atoms with Crippen molar-refractivity contribution < 1.29 is 4.74 Å². The van der Waals surface area contributed by atoms with Crippen molar-refractivity contribution in [2.75, 3.05) is 46.4 Å². The van der Waals surface area contributed by atoms with E-state index in [1.54, 1.807) is 6.20 Å². The van der Waals surface area contributed by atoms with Crippen LogP contribution < -0.4 is 10.6 Å². The van der Waals surface area contributed by atoms with Crippen molar-refractivity contribution in [3.8, 4) is 5.69 Å². The molecule has 0 saturated carbocycles. The smallest absolute Gasteiger partial charge is 0.191 e. The predicted molar refractivity (Wildman–Crippen MR) is 128 cm³/mol. The average molecular weight is 433 g/mol. The molecule has 1 fully saturated rings. The van der Waals surface area contributed by atoms with Crippen molar-refractivity contribution in [2.45, 2.75) is 12.5 Å². The van der Waals surface area contributed by atoms with Crippen LogP contribution in [0.3, 0.4) is 0 Å². The zero-order valence-corrected chi connectivity index (χ0v) is 18.7. The molecular weight excluding hydrogens is 400 g/mol. The first-order chi connectivity index (χ1) is 15.8. The van der Waals surface area contributed by atoms with Gasteiger partial charge < -0.3 is 15.4 Å². The first-order valence-corrected chi connectivity index (χ1v) is 11.2. The number of aromatic nitrogens is 2. The Morgan fingerprint density at radius 1 is 1.03 bits per heavy atom. The minimum Gasteiger partial charge on any atom is -0.379 e. The van der Waals surface area contributed by atoms with Crippen LogP contribution in [-0.4, -0.2) is 67.1 Å². The first-order valence-electron chi connectivity index (χ1n) is 11.2. The Morgan fingerprint density at radius 2 is 1.81 bits per heavy atom. The maximum Gasteiger partial charge on any atom is 0.191 e. The lowest BCUT2D eigenvalue weighted by Gasteiger charge is -2.35. The molecule has 2 heterocycles. The van der Waals surface area contributed by atoms with E-state index in [4.69, 9.17) is 4.74 Å². The fraction of sp³-hybridized carbons (Fsp3) is 0.360. The molecule has 1 unspecified atom stereocenters. The summed E-state index contributed by atoms with van der Waals surface area (Å²) in [6.45, 7) is 5.07. The van der Waals surface area contributed by atoms with Crippen molar-refractivity contribution >= 4 is 5.96 Å². The van der Waals surface area contributed by atoms with Gasteiger partial charge in [-0.2, -0.15) is 5.10 Å². The first kappa shape index (κ1) is 22.0. The Labute approximate surface area is 190 Å². The Morgan fingerprint density at radius 3 is 2.50 bits per heavy atom. The Balaban J connectivity index is 1.28. The van der Waals surface area contributed by atoms with E-state index in [0.29, 0.717) is 0 Å². The van der Waals surface area contributed by atoms with Crippen molar-refractivity contribution in [2.24, 2.45) is 4.99 Å². The van der Waals surface area contributed by atoms with E-state index in [9.17, 15) is 0 Å². The summed E-state index contributed by atoms with van der Waals surface area (Å²) in [6.07, 6.45) is 4.66. The summed E-state index contributed by atoms with van der Waals surface area (Å²) in [5.74, 6) is 0.826. The van der Waals surface area contributed by atoms with Gasteiger partial charge in [-0.25, -0.2) is 4.68 Å². The lowest BCUT2D eigenvalue weighted by Crippen LogP contribution is -2.46. The van der Waals surface area contributed by atoms with Crippen molar-refractivity contribution in [1.29, 1.82) is 0 Å². The maximum atomic E-state index is 5.55. The summed E-state index contributed by atoms with van der Waals surface area (Å²) in [7, 11) is 1.82. The highest BCUT2D eigenvalue weighted by Gasteiger charge is 2.22. The molecule has 0 spiro atoms. The van der Waals surface area contributed by atoms with Crippen LogP contribution in [-0.2, 0) is 11.2 Å². The zero-order valence-electron chi connectivity index (χ0n) is 18.7. The van der Waals surface area contributed by atoms with E-state index in [2.05, 4.69) is 80.2 Å². The molecule has 2 N–H and O–H groups in total. The lowest BCUT2D eigenvalue weighted by atomic mass is 10.0. The summed E-state index contributed by atoms with van der Waals surface area (Å²) < 4.78 is 7.42. The van der Waals surface area contributed by atoms with Gasteiger partial charge in [-0.15, -0.1) is 0 Å². The van der Waals surface area contributed by atoms with Crippen LogP contribution in [0.4, 0.5) is 0 Å². The number of hydrogen-bond acceptors (Lipinski definition) is 4. The fourth-order valence-electron chi connectivity index (χ4n) is 4.00. The normalized spacial score (nSPS) is 16.0. The summed E-state index contributed by atoms with van der Waals surface area (Å²) in [6, 6.07) is 21.4. The molecule has 1 aromatic heterocycles. The van der Waals surface area contributed by atoms with Gasteiger partial charge in [-0.1, -0.05) is 42.5 Å². The van der Waals surface area contributed by atoms with E-state index in [1.807, 2.05) is 24.0 Å². The summed E-state index contributed by atoms with van der Waals surface area (Å²) in [4.78, 5) is 6.90. The quantitative estimate of drug-likeness (QED) is 0.423. The van der Waals surface area contributed by atoms with Gasteiger partial charge in [-0.3, -0.25) is 9.89 Å². The maximum absolute atomic E-state index is 5.55. The highest BCUT2D eigenvalue weighted by atomic mass is 16.5. The third-order valence-electron chi connectivity index (χ3n) is 5.77. The second-order valence-corrected chi connectivity index (χ2v) is 7.82. The molecule has 0 amide bonds. The molecule has 168 valence electrons. The molecule has 1 saturated heterocycles. The van der Waals surface area contributed by atoms with E-state index < -0.39 is 0 Å². The van der Waals surface area contributed by atoms with Crippen LogP contribution >= 0.6 is 0 Å². The number of morpholine rings is 1. The van der Waals surface area contributed by atoms with E-state index in [1.165, 1.54) is 11.1 Å². The lowest BCUT2D eigenvalue weighted by molar-refractivity contribution is 0.0170. The van der Waals surface area contributed by atoms with Gasteiger partial charge in [0.05, 0.1) is 24.9 Å². The molecule has 0 aliphatic carbocycles. The molecule has 32 heavy (non-hydrogen) atoms. The molecule has 3 aromatic rings. The summed E-state index contributed by atoms with van der Waals surface area (Å²) >= 11 is 0. The highest BCUT2D eigenvalue weighted by molar-refractivity contribution is 5.79. The summed E-state index contributed by atoms with van der Waals surface area (Å²) in [5.41, 5.74) is 3.66. The number of nitrogens with one attached hydrogen (secondary N) is 2. The third kappa shape index (κ3) is 5.96. The molecule has 4 rings (SSSR count). The number of rotatable bonds is 8. The Kier molecular flexibility index (Phi) is 7.89. The molecule has 0 bridgehead atoms. The minimum absolute atomic E-state index is 0.286. The monoisotopic (exact) mass is 432 g/mol. The van der Waals surface area contributed by atoms with Crippen molar-refractivity contribution in [3.63, 3.8) is 0 Å². The molecule has 7 heteroatoms. The van der Waals surface area contributed by atoms with Crippen LogP contribution in [0.25, 0.3) is 5.69 Å². The van der Waals surface area contributed by atoms with Gasteiger partial charge in [0.1, 0.15) is 0 Å². The predicted octanol–water partition coefficient (Wildman–Crippen LogP) is 2.65. The van der Waals surface area contributed by atoms with Crippen molar-refractivity contribution in [1.82, 2.24) is 25.3 Å². The number of guanidine groups is 1. The molecule has 0 radical (unpaired) electrons. The number of hydrogen-bond donors (Lipinski definition) is 2. The molecule has 7 nitrogen and oxygen atoms in total. The second kappa shape index (κ2) is 11.5. The van der Waals surface area contributed by atoms with Crippen LogP contribution in [0, 0.1) is 0 Å². The van der Waals surface area contributed by atoms with Gasteiger partial charge in [0, 0.05) is 45.6 Å². The molecule has 1 atom stereocenters. The third-order valence-corrected chi connectivity index (χ3v) is 5.77. The topological polar surface area (TPSA) is 66.7 Å². The van der Waals surface area contributed by atoms with Gasteiger partial charge in [0.2, 0.25) is 0 Å². The standard InChI is InChI=1S/C25H32N6O/c1-26-25(27-14-12-21-8-10-23(11-9-21)31-15-5-13-29-31)28-20-24(22-6-3-2-4-7-22)30-16-18-32-19-17-30/h2-11,13,15,24H,12,14,16-20H2,1H3,(H2,26,27,28). The SMILES string of the molecule is CN=C(NCCc1ccc(-n2cccn2)cc1)NCC(c1ccccc1)N1CCOCC1. The van der Waals surface area contributed by atoms with Crippen LogP contribution in [0.5, 0.6) is 0 Å². The number of aliphatic imine (C=N–C) groups is 1. The van der Waals surface area contributed by atoms with E-state index in [-0.39, 0.29) is 6.04 Å². The van der Waals surface area contributed by atoms with Crippen LogP contribution in [0.2, 0.25) is 0 Å². The van der Waals surface area contributed by atoms with Gasteiger partial charge in [0.25, 0.3) is 0 Å². The molecule has 2 aromatic carbocycles. The van der Waals surface area contributed by atoms with Crippen molar-refractivity contribution in [3.05, 3.63) is 84.2 Å². The van der Waals surface area contributed by atoms with E-state index in [0.717, 1.165) is 57.5 Å². The highest BCUT2D eigenvalue weighted by Crippen LogP contribution is 2.21. The number of benzene rings is 2. The average Bonchev–Trinajstić information content (AvgIpc) is 3.40. The second-order valence-electron chi connectivity index (χ2n) is 7.82. The number of nitrogens with zero attached hydrogens (tertiary/aromatic N) is 4. The molecular formula is C25H32N6O. The minimum atomic E-state index is 0.286. The van der Waals surface area contributed by atoms with Gasteiger partial charge in [-0.05, 0) is 35.7 Å². The summed E-state index contributed by atoms with van der Waals surface area (Å²) in [5, 5.41) is 11.2. The molecule has 1 aliphatic rings. The van der Waals surface area contributed by atoms with Gasteiger partial charge in [0.15, 0.2) is 5.96 Å². The molecule has 1 aliphatic heterocycles. The fourth-order valence-corrected chi connectivity index (χ4v) is 4.00. The van der Waals surface area contributed by atoms with E-state index >= 15 is 0 Å². The van der Waals surface area contributed by atoms with Crippen LogP contribution in [0.15, 0.2) is 78.0 Å². The van der Waals surface area contributed by atoms with Crippen LogP contribution in [0.1, 0.15) is 17.2 Å².